The van der Waals surface area contributed by atoms with Crippen molar-refractivity contribution in [3.05, 3.63) is 51.0 Å². The molecule has 1 heterocycles. The normalized spacial score (nSPS) is 10.7. The van der Waals surface area contributed by atoms with Crippen LogP contribution in [-0.4, -0.2) is 28.4 Å². The Bertz CT molecular complexity index is 706. The monoisotopic (exact) mass is 292 g/mol. The van der Waals surface area contributed by atoms with E-state index in [2.05, 4.69) is 4.98 Å². The zero-order valence-electron chi connectivity index (χ0n) is 11.1. The fraction of sp³-hybridized carbons (Fsp3) is 0.286. The maximum atomic E-state index is 11.7. The number of nitrogens with zero attached hydrogens (tertiary/aromatic N) is 1. The Morgan fingerprint density at radius 1 is 1.40 bits per heavy atom. The van der Waals surface area contributed by atoms with E-state index in [1.165, 1.54) is 6.07 Å². The summed E-state index contributed by atoms with van der Waals surface area (Å²) in [5.74, 6) is 0. The lowest BCUT2D eigenvalue weighted by atomic mass is 10.0. The third-order valence-electron chi connectivity index (χ3n) is 3.02. The molecular formula is C14H16N2O3S. The molecule has 1 aromatic carbocycles. The zero-order valence-corrected chi connectivity index (χ0v) is 11.9. The van der Waals surface area contributed by atoms with Gasteiger partial charge in [0.25, 0.3) is 5.56 Å². The first-order valence-corrected chi connectivity index (χ1v) is 6.60. The summed E-state index contributed by atoms with van der Waals surface area (Å²) in [6.45, 7) is 0.913. The van der Waals surface area contributed by atoms with Gasteiger partial charge in [0.05, 0.1) is 18.9 Å². The van der Waals surface area contributed by atoms with Gasteiger partial charge in [-0.15, -0.1) is 0 Å². The molecular weight excluding hydrogens is 276 g/mol. The summed E-state index contributed by atoms with van der Waals surface area (Å²) in [7, 11) is 1.61. The molecule has 1 aromatic heterocycles. The molecule has 0 fully saturated rings. The lowest BCUT2D eigenvalue weighted by Gasteiger charge is -2.15. The third kappa shape index (κ3) is 3.04. The fourth-order valence-corrected chi connectivity index (χ4v) is 2.35. The van der Waals surface area contributed by atoms with Crippen molar-refractivity contribution in [1.29, 1.82) is 0 Å². The van der Waals surface area contributed by atoms with Crippen molar-refractivity contribution in [2.75, 3.05) is 13.7 Å². The van der Waals surface area contributed by atoms with E-state index >= 15 is 0 Å². The number of aliphatic hydroxyl groups is 1. The first-order chi connectivity index (χ1) is 9.67. The van der Waals surface area contributed by atoms with E-state index in [9.17, 15) is 9.90 Å². The second kappa shape index (κ2) is 6.60. The second-order valence-electron chi connectivity index (χ2n) is 4.28. The quantitative estimate of drug-likeness (QED) is 0.823. The third-order valence-corrected chi connectivity index (χ3v) is 3.34. The standard InChI is InChI=1S/C14H16N2O3S/c1-19-7-6-16-12(8-13(18)15-14(16)20)11-5-3-2-4-10(11)9-17/h2-5,8,17H,6-7,9H2,1H3,(H,15,18,20). The van der Waals surface area contributed by atoms with Crippen LogP contribution in [0.2, 0.25) is 0 Å². The molecule has 0 saturated heterocycles. The van der Waals surface area contributed by atoms with Gasteiger partial charge in [0.1, 0.15) is 0 Å². The molecule has 0 atom stereocenters. The summed E-state index contributed by atoms with van der Waals surface area (Å²) in [4.78, 5) is 14.3. The molecule has 0 saturated carbocycles. The Morgan fingerprint density at radius 2 is 2.15 bits per heavy atom. The highest BCUT2D eigenvalue weighted by molar-refractivity contribution is 7.71. The van der Waals surface area contributed by atoms with Gasteiger partial charge in [-0.3, -0.25) is 9.78 Å². The van der Waals surface area contributed by atoms with Gasteiger partial charge in [0.15, 0.2) is 4.77 Å². The average molecular weight is 292 g/mol. The topological polar surface area (TPSA) is 67.2 Å². The molecule has 5 nitrogen and oxygen atoms in total. The molecule has 20 heavy (non-hydrogen) atoms. The molecule has 106 valence electrons. The van der Waals surface area contributed by atoms with Crippen LogP contribution in [0, 0.1) is 4.77 Å². The molecule has 2 rings (SSSR count). The smallest absolute Gasteiger partial charge is 0.252 e. The summed E-state index contributed by atoms with van der Waals surface area (Å²) in [5.41, 5.74) is 1.97. The van der Waals surface area contributed by atoms with Gasteiger partial charge in [0.2, 0.25) is 0 Å². The van der Waals surface area contributed by atoms with Gasteiger partial charge in [-0.1, -0.05) is 24.3 Å². The van der Waals surface area contributed by atoms with E-state index < -0.39 is 0 Å². The van der Waals surface area contributed by atoms with E-state index in [0.29, 0.717) is 23.6 Å². The van der Waals surface area contributed by atoms with E-state index in [1.807, 2.05) is 24.3 Å². The number of methoxy groups -OCH3 is 1. The molecule has 0 unspecified atom stereocenters. The van der Waals surface area contributed by atoms with Crippen LogP contribution in [0.25, 0.3) is 11.3 Å². The highest BCUT2D eigenvalue weighted by Gasteiger charge is 2.10. The number of nitrogens with one attached hydrogen (secondary N) is 1. The van der Waals surface area contributed by atoms with Gasteiger partial charge in [-0.05, 0) is 17.8 Å². The van der Waals surface area contributed by atoms with Gasteiger partial charge >= 0.3 is 0 Å². The van der Waals surface area contributed by atoms with Crippen molar-refractivity contribution in [3.63, 3.8) is 0 Å². The molecule has 0 amide bonds. The lowest BCUT2D eigenvalue weighted by molar-refractivity contribution is 0.186. The zero-order chi connectivity index (χ0) is 14.5. The maximum Gasteiger partial charge on any atom is 0.252 e. The van der Waals surface area contributed by atoms with Crippen LogP contribution < -0.4 is 5.56 Å². The Morgan fingerprint density at radius 3 is 2.85 bits per heavy atom. The number of rotatable bonds is 5. The van der Waals surface area contributed by atoms with E-state index in [1.54, 1.807) is 11.7 Å². The summed E-state index contributed by atoms with van der Waals surface area (Å²) >= 11 is 5.21. The minimum Gasteiger partial charge on any atom is -0.392 e. The predicted octanol–water partition coefficient (Wildman–Crippen LogP) is 1.71. The van der Waals surface area contributed by atoms with Gasteiger partial charge in [0, 0.05) is 25.3 Å². The second-order valence-corrected chi connectivity index (χ2v) is 4.67. The number of aliphatic hydroxyl groups excluding tert-OH is 1. The SMILES string of the molecule is COCCn1c(-c2ccccc2CO)cc(=O)[nH]c1=S. The summed E-state index contributed by atoms with van der Waals surface area (Å²) in [6.07, 6.45) is 0. The van der Waals surface area contributed by atoms with Crippen molar-refractivity contribution >= 4 is 12.2 Å². The van der Waals surface area contributed by atoms with E-state index in [0.717, 1.165) is 11.1 Å². The number of aromatic amines is 1. The number of H-pyrrole nitrogens is 1. The molecule has 0 radical (unpaired) electrons. The van der Waals surface area contributed by atoms with Crippen molar-refractivity contribution < 1.29 is 9.84 Å². The van der Waals surface area contributed by atoms with Gasteiger partial charge in [-0.2, -0.15) is 0 Å². The molecule has 0 spiro atoms. The summed E-state index contributed by atoms with van der Waals surface area (Å²) in [5, 5.41) is 9.44. The van der Waals surface area contributed by atoms with Crippen LogP contribution in [0.1, 0.15) is 5.56 Å². The van der Waals surface area contributed by atoms with E-state index in [-0.39, 0.29) is 12.2 Å². The number of benzene rings is 1. The molecule has 2 N–H and O–H groups in total. The first-order valence-electron chi connectivity index (χ1n) is 6.19. The number of hydrogen-bond donors (Lipinski definition) is 2. The van der Waals surface area contributed by atoms with Crippen LogP contribution in [0.15, 0.2) is 35.1 Å². The average Bonchev–Trinajstić information content (AvgIpc) is 2.45. The van der Waals surface area contributed by atoms with Crippen molar-refractivity contribution in [1.82, 2.24) is 9.55 Å². The first kappa shape index (κ1) is 14.6. The summed E-state index contributed by atoms with van der Waals surface area (Å²) in [6, 6.07) is 8.87. The van der Waals surface area contributed by atoms with Crippen LogP contribution in [0.4, 0.5) is 0 Å². The number of ether oxygens (including phenoxy) is 1. The molecule has 0 aliphatic rings. The van der Waals surface area contributed by atoms with E-state index in [4.69, 9.17) is 17.0 Å². The van der Waals surface area contributed by atoms with Crippen LogP contribution in [-0.2, 0) is 17.9 Å². The highest BCUT2D eigenvalue weighted by atomic mass is 32.1. The number of hydrogen-bond acceptors (Lipinski definition) is 4. The van der Waals surface area contributed by atoms with Crippen molar-refractivity contribution in [2.24, 2.45) is 0 Å². The molecule has 2 aromatic rings. The Hall–Kier alpha value is -1.76. The molecule has 0 bridgehead atoms. The molecule has 6 heteroatoms. The van der Waals surface area contributed by atoms with Gasteiger partial charge in [-0.25, -0.2) is 0 Å². The Kier molecular flexibility index (Phi) is 4.84. The number of aromatic nitrogens is 2. The van der Waals surface area contributed by atoms with Crippen LogP contribution in [0.5, 0.6) is 0 Å². The molecule has 0 aliphatic heterocycles. The maximum absolute atomic E-state index is 11.7. The van der Waals surface area contributed by atoms with Crippen molar-refractivity contribution in [2.45, 2.75) is 13.2 Å². The van der Waals surface area contributed by atoms with Crippen molar-refractivity contribution in [3.8, 4) is 11.3 Å². The Balaban J connectivity index is 2.65. The Labute approximate surface area is 121 Å². The van der Waals surface area contributed by atoms with Gasteiger partial charge < -0.3 is 14.4 Å². The highest BCUT2D eigenvalue weighted by Crippen LogP contribution is 2.22. The minimum atomic E-state index is -0.258. The lowest BCUT2D eigenvalue weighted by Crippen LogP contribution is -2.17. The predicted molar refractivity (Wildman–Crippen MR) is 79.1 cm³/mol. The van der Waals surface area contributed by atoms with Crippen LogP contribution >= 0.6 is 12.2 Å². The fourth-order valence-electron chi connectivity index (χ4n) is 2.06. The summed E-state index contributed by atoms with van der Waals surface area (Å²) < 4.78 is 7.21. The minimum absolute atomic E-state index is 0.0972. The van der Waals surface area contributed by atoms with Crippen LogP contribution in [0.3, 0.4) is 0 Å². The molecule has 0 aliphatic carbocycles. The largest absolute Gasteiger partial charge is 0.392 e.